The molecule has 0 aliphatic heterocycles. The molecular formula is C22H28O3. The van der Waals surface area contributed by atoms with Crippen molar-refractivity contribution >= 4 is 5.97 Å². The van der Waals surface area contributed by atoms with Gasteiger partial charge in [0.1, 0.15) is 11.5 Å². The molecule has 0 unspecified atom stereocenters. The van der Waals surface area contributed by atoms with Crippen molar-refractivity contribution in [2.45, 2.75) is 52.9 Å². The number of hydrogen-bond donors (Lipinski definition) is 0. The van der Waals surface area contributed by atoms with Gasteiger partial charge in [-0.3, -0.25) is 0 Å². The quantitative estimate of drug-likeness (QED) is 0.385. The Morgan fingerprint density at radius 2 is 1.72 bits per heavy atom. The van der Waals surface area contributed by atoms with Crippen molar-refractivity contribution in [2.24, 2.45) is 0 Å². The Bertz CT molecular complexity index is 709. The van der Waals surface area contributed by atoms with E-state index in [1.54, 1.807) is 12.1 Å². The first-order valence-corrected chi connectivity index (χ1v) is 8.87. The van der Waals surface area contributed by atoms with Crippen molar-refractivity contribution in [3.63, 3.8) is 0 Å². The van der Waals surface area contributed by atoms with Crippen LogP contribution in [0, 0.1) is 6.92 Å². The fourth-order valence-electron chi connectivity index (χ4n) is 2.41. The summed E-state index contributed by atoms with van der Waals surface area (Å²) in [4.78, 5) is 12.4. The van der Waals surface area contributed by atoms with Crippen LogP contribution in [0.1, 0.15) is 62.0 Å². The molecule has 3 nitrogen and oxygen atoms in total. The van der Waals surface area contributed by atoms with E-state index in [1.165, 1.54) is 5.56 Å². The highest BCUT2D eigenvalue weighted by molar-refractivity contribution is 5.91. The summed E-state index contributed by atoms with van der Waals surface area (Å²) in [5.74, 6) is 1.02. The lowest BCUT2D eigenvalue weighted by Crippen LogP contribution is -2.13. The molecule has 0 amide bonds. The summed E-state index contributed by atoms with van der Waals surface area (Å²) < 4.78 is 11.2. The van der Waals surface area contributed by atoms with Gasteiger partial charge in [0.05, 0.1) is 12.2 Å². The predicted molar refractivity (Wildman–Crippen MR) is 102 cm³/mol. The number of hydrogen-bond acceptors (Lipinski definition) is 3. The van der Waals surface area contributed by atoms with E-state index in [1.807, 2.05) is 31.2 Å². The van der Waals surface area contributed by atoms with Gasteiger partial charge in [0, 0.05) is 0 Å². The Morgan fingerprint density at radius 1 is 1.04 bits per heavy atom. The average Bonchev–Trinajstić information content (AvgIpc) is 2.56. The molecular weight excluding hydrogens is 312 g/mol. The minimum Gasteiger partial charge on any atom is -0.494 e. The summed E-state index contributed by atoms with van der Waals surface area (Å²) >= 11 is 0. The number of carbonyl (C=O) groups is 1. The van der Waals surface area contributed by atoms with E-state index in [4.69, 9.17) is 9.47 Å². The van der Waals surface area contributed by atoms with Crippen LogP contribution < -0.4 is 9.47 Å². The van der Waals surface area contributed by atoms with Crippen molar-refractivity contribution in [1.29, 1.82) is 0 Å². The van der Waals surface area contributed by atoms with E-state index in [2.05, 4.69) is 33.8 Å². The first-order valence-electron chi connectivity index (χ1n) is 8.87. The monoisotopic (exact) mass is 340 g/mol. The highest BCUT2D eigenvalue weighted by atomic mass is 16.5. The van der Waals surface area contributed by atoms with Gasteiger partial charge in [-0.2, -0.15) is 0 Å². The zero-order chi connectivity index (χ0) is 18.4. The maximum atomic E-state index is 12.4. The summed E-state index contributed by atoms with van der Waals surface area (Å²) in [5.41, 5.74) is 2.77. The zero-order valence-corrected chi connectivity index (χ0v) is 15.9. The SMILES string of the molecule is CCCCOc1ccc(C(=O)Oc2ccc(C(C)(C)C)cc2C)cc1. The molecule has 0 aliphatic rings. The van der Waals surface area contributed by atoms with Crippen LogP contribution in [0.25, 0.3) is 0 Å². The lowest BCUT2D eigenvalue weighted by molar-refractivity contribution is 0.0733. The van der Waals surface area contributed by atoms with Gasteiger partial charge in [-0.05, 0) is 60.2 Å². The van der Waals surface area contributed by atoms with Gasteiger partial charge in [0.2, 0.25) is 0 Å². The van der Waals surface area contributed by atoms with Crippen LogP contribution in [0.4, 0.5) is 0 Å². The van der Waals surface area contributed by atoms with Crippen LogP contribution in [0.3, 0.4) is 0 Å². The fraction of sp³-hybridized carbons (Fsp3) is 0.409. The summed E-state index contributed by atoms with van der Waals surface area (Å²) in [6, 6.07) is 13.1. The Labute approximate surface area is 151 Å². The summed E-state index contributed by atoms with van der Waals surface area (Å²) in [6.45, 7) is 11.3. The van der Waals surface area contributed by atoms with E-state index in [0.29, 0.717) is 17.9 Å². The minimum absolute atomic E-state index is 0.0703. The Kier molecular flexibility index (Phi) is 6.24. The molecule has 0 atom stereocenters. The van der Waals surface area contributed by atoms with Crippen LogP contribution in [0.2, 0.25) is 0 Å². The van der Waals surface area contributed by atoms with Crippen LogP contribution in [-0.4, -0.2) is 12.6 Å². The number of ether oxygens (including phenoxy) is 2. The standard InChI is InChI=1S/C22H28O3/c1-6-7-14-24-19-11-8-17(9-12-19)21(23)25-20-13-10-18(15-16(20)2)22(3,4)5/h8-13,15H,6-7,14H2,1-5H3. The molecule has 0 fully saturated rings. The van der Waals surface area contributed by atoms with Gasteiger partial charge in [-0.15, -0.1) is 0 Å². The Balaban J connectivity index is 2.04. The third kappa shape index (κ3) is 5.35. The molecule has 0 bridgehead atoms. The van der Waals surface area contributed by atoms with E-state index in [9.17, 15) is 4.79 Å². The highest BCUT2D eigenvalue weighted by Gasteiger charge is 2.16. The molecule has 3 heteroatoms. The number of carbonyl (C=O) groups excluding carboxylic acids is 1. The molecule has 2 aromatic carbocycles. The molecule has 0 heterocycles. The summed E-state index contributed by atoms with van der Waals surface area (Å²) in [6.07, 6.45) is 2.12. The van der Waals surface area contributed by atoms with Crippen LogP contribution >= 0.6 is 0 Å². The second kappa shape index (κ2) is 8.19. The van der Waals surface area contributed by atoms with Gasteiger partial charge >= 0.3 is 5.97 Å². The Hall–Kier alpha value is -2.29. The predicted octanol–water partition coefficient (Wildman–Crippen LogP) is 5.69. The number of aryl methyl sites for hydroxylation is 1. The third-order valence-corrected chi connectivity index (χ3v) is 4.10. The average molecular weight is 340 g/mol. The molecule has 2 rings (SSSR count). The molecule has 0 N–H and O–H groups in total. The normalized spacial score (nSPS) is 11.2. The molecule has 0 radical (unpaired) electrons. The highest BCUT2D eigenvalue weighted by Crippen LogP contribution is 2.28. The van der Waals surface area contributed by atoms with Crippen LogP contribution in [0.15, 0.2) is 42.5 Å². The van der Waals surface area contributed by atoms with E-state index >= 15 is 0 Å². The van der Waals surface area contributed by atoms with E-state index in [0.717, 1.165) is 24.2 Å². The summed E-state index contributed by atoms with van der Waals surface area (Å²) in [5, 5.41) is 0. The Morgan fingerprint density at radius 3 is 2.28 bits per heavy atom. The van der Waals surface area contributed by atoms with E-state index < -0.39 is 0 Å². The van der Waals surface area contributed by atoms with Crippen molar-refractivity contribution in [3.05, 3.63) is 59.2 Å². The number of benzene rings is 2. The van der Waals surface area contributed by atoms with Crippen molar-refractivity contribution < 1.29 is 14.3 Å². The second-order valence-electron chi connectivity index (χ2n) is 7.35. The van der Waals surface area contributed by atoms with Gasteiger partial charge in [0.25, 0.3) is 0 Å². The lowest BCUT2D eigenvalue weighted by atomic mass is 9.86. The molecule has 0 spiro atoms. The molecule has 0 aromatic heterocycles. The fourth-order valence-corrected chi connectivity index (χ4v) is 2.41. The first kappa shape index (κ1) is 19.0. The maximum absolute atomic E-state index is 12.4. The molecule has 134 valence electrons. The van der Waals surface area contributed by atoms with Crippen LogP contribution in [0.5, 0.6) is 11.5 Å². The molecule has 0 saturated heterocycles. The van der Waals surface area contributed by atoms with Crippen molar-refractivity contribution in [1.82, 2.24) is 0 Å². The molecule has 0 aliphatic carbocycles. The topological polar surface area (TPSA) is 35.5 Å². The minimum atomic E-state index is -0.355. The second-order valence-corrected chi connectivity index (χ2v) is 7.35. The lowest BCUT2D eigenvalue weighted by Gasteiger charge is -2.20. The molecule has 0 saturated carbocycles. The molecule has 2 aromatic rings. The van der Waals surface area contributed by atoms with Gasteiger partial charge < -0.3 is 9.47 Å². The molecule has 25 heavy (non-hydrogen) atoms. The van der Waals surface area contributed by atoms with Crippen molar-refractivity contribution in [2.75, 3.05) is 6.61 Å². The van der Waals surface area contributed by atoms with E-state index in [-0.39, 0.29) is 11.4 Å². The third-order valence-electron chi connectivity index (χ3n) is 4.10. The number of rotatable bonds is 6. The van der Waals surface area contributed by atoms with Gasteiger partial charge in [0.15, 0.2) is 0 Å². The van der Waals surface area contributed by atoms with Gasteiger partial charge in [-0.25, -0.2) is 4.79 Å². The first-order chi connectivity index (χ1) is 11.8. The maximum Gasteiger partial charge on any atom is 0.343 e. The van der Waals surface area contributed by atoms with Gasteiger partial charge in [-0.1, -0.05) is 46.2 Å². The van der Waals surface area contributed by atoms with Crippen molar-refractivity contribution in [3.8, 4) is 11.5 Å². The largest absolute Gasteiger partial charge is 0.494 e. The smallest absolute Gasteiger partial charge is 0.343 e. The summed E-state index contributed by atoms with van der Waals surface area (Å²) in [7, 11) is 0. The number of esters is 1. The zero-order valence-electron chi connectivity index (χ0n) is 15.9. The van der Waals surface area contributed by atoms with Crippen LogP contribution in [-0.2, 0) is 5.41 Å². The number of unbranched alkanes of at least 4 members (excludes halogenated alkanes) is 1.